The van der Waals surface area contributed by atoms with Crippen LogP contribution in [0.25, 0.3) is 10.8 Å². The highest BCUT2D eigenvalue weighted by molar-refractivity contribution is 6.00. The Balaban J connectivity index is 1.19. The summed E-state index contributed by atoms with van der Waals surface area (Å²) in [5, 5.41) is 2.12. The number of hydrogen-bond acceptors (Lipinski definition) is 10. The zero-order chi connectivity index (χ0) is 33.2. The van der Waals surface area contributed by atoms with Crippen molar-refractivity contribution in [2.24, 2.45) is 4.99 Å². The summed E-state index contributed by atoms with van der Waals surface area (Å²) in [5.41, 5.74) is 1.30. The Morgan fingerprint density at radius 3 is 1.85 bits per heavy atom. The molecule has 3 aromatic rings. The summed E-state index contributed by atoms with van der Waals surface area (Å²) in [6.07, 6.45) is 1.89. The van der Waals surface area contributed by atoms with Gasteiger partial charge in [0.15, 0.2) is 0 Å². The summed E-state index contributed by atoms with van der Waals surface area (Å²) in [7, 11) is 0. The summed E-state index contributed by atoms with van der Waals surface area (Å²) in [5.74, 6) is 0.632. The number of fused-ring (bicyclic) bond motifs is 4. The predicted octanol–water partition coefficient (Wildman–Crippen LogP) is 4.37. The van der Waals surface area contributed by atoms with Gasteiger partial charge in [-0.25, -0.2) is 0 Å². The van der Waals surface area contributed by atoms with E-state index in [0.717, 1.165) is 27.7 Å². The van der Waals surface area contributed by atoms with Gasteiger partial charge < -0.3 is 43.0 Å². The third-order valence-electron chi connectivity index (χ3n) is 9.18. The molecule has 3 heterocycles. The summed E-state index contributed by atoms with van der Waals surface area (Å²) in [6.45, 7) is 10.7. The lowest BCUT2D eigenvalue weighted by atomic mass is 9.77. The van der Waals surface area contributed by atoms with E-state index in [0.29, 0.717) is 98.1 Å². The third kappa shape index (κ3) is 7.51. The highest BCUT2D eigenvalue weighted by atomic mass is 16.6. The normalized spacial score (nSPS) is 23.2. The number of para-hydroxylation sites is 1. The highest BCUT2D eigenvalue weighted by Gasteiger charge is 2.60. The first-order valence-corrected chi connectivity index (χ1v) is 16.9. The van der Waals surface area contributed by atoms with E-state index < -0.39 is 11.1 Å². The molecule has 3 aliphatic rings. The van der Waals surface area contributed by atoms with Gasteiger partial charge in [-0.05, 0) is 36.9 Å². The smallest absolute Gasteiger partial charge is 0.242 e. The van der Waals surface area contributed by atoms with Gasteiger partial charge in [-0.1, -0.05) is 48.5 Å². The van der Waals surface area contributed by atoms with Crippen molar-refractivity contribution in [2.75, 3.05) is 104 Å². The Bertz CT molecular complexity index is 1530. The Morgan fingerprint density at radius 2 is 1.23 bits per heavy atom. The lowest BCUT2D eigenvalue weighted by Gasteiger charge is -2.46. The van der Waals surface area contributed by atoms with Crippen LogP contribution >= 0.6 is 0 Å². The molecule has 1 amide bonds. The minimum atomic E-state index is -1.02. The summed E-state index contributed by atoms with van der Waals surface area (Å²) in [6, 6.07) is 20.4. The molecule has 11 heteroatoms. The lowest BCUT2D eigenvalue weighted by Crippen LogP contribution is -2.64. The first-order valence-electron chi connectivity index (χ1n) is 16.9. The molecule has 1 atom stereocenters. The van der Waals surface area contributed by atoms with Crippen molar-refractivity contribution in [1.29, 1.82) is 0 Å². The van der Waals surface area contributed by atoms with Crippen LogP contribution in [0.3, 0.4) is 0 Å². The first kappa shape index (κ1) is 34.3. The molecule has 1 fully saturated rings. The molecule has 3 aliphatic heterocycles. The largest absolute Gasteiger partial charge is 0.459 e. The van der Waals surface area contributed by atoms with Gasteiger partial charge >= 0.3 is 0 Å². The molecule has 48 heavy (non-hydrogen) atoms. The highest BCUT2D eigenvalue weighted by Crippen LogP contribution is 2.54. The van der Waals surface area contributed by atoms with Crippen molar-refractivity contribution in [3.8, 4) is 5.75 Å². The quantitative estimate of drug-likeness (QED) is 0.397. The number of ether oxygens (including phenoxy) is 7. The number of rotatable bonds is 2. The minimum Gasteiger partial charge on any atom is -0.459 e. The van der Waals surface area contributed by atoms with E-state index in [1.807, 2.05) is 36.5 Å². The van der Waals surface area contributed by atoms with Gasteiger partial charge in [0.05, 0.1) is 90.9 Å². The molecule has 0 radical (unpaired) electrons. The maximum absolute atomic E-state index is 14.2. The van der Waals surface area contributed by atoms with Crippen molar-refractivity contribution in [1.82, 2.24) is 4.90 Å². The standard InChI is InChI=1S/C37H47N3O8/c1-36(2)31-9-5-6-10-32(31)40(37(36)28-38-35-30-8-4-3-7-29(30)11-12-33(35)48-37)27-34(41)39-13-15-42-17-19-44-21-23-46-25-26-47-24-22-45-20-18-43-16-14-39/h3-12,28H,13-27H2,1-2H3. The van der Waals surface area contributed by atoms with E-state index in [9.17, 15) is 4.79 Å². The monoisotopic (exact) mass is 661 g/mol. The Labute approximate surface area is 282 Å². The molecule has 0 aliphatic carbocycles. The number of anilines is 1. The van der Waals surface area contributed by atoms with Crippen LogP contribution in [-0.4, -0.2) is 122 Å². The second-order valence-electron chi connectivity index (χ2n) is 12.5. The summed E-state index contributed by atoms with van der Waals surface area (Å²) in [4.78, 5) is 23.2. The van der Waals surface area contributed by atoms with Crippen molar-refractivity contribution in [3.05, 3.63) is 66.2 Å². The molecule has 1 saturated heterocycles. The van der Waals surface area contributed by atoms with Crippen molar-refractivity contribution >= 4 is 34.3 Å². The van der Waals surface area contributed by atoms with Crippen LogP contribution in [0.2, 0.25) is 0 Å². The fourth-order valence-electron chi connectivity index (χ4n) is 6.51. The molecule has 3 aromatic carbocycles. The van der Waals surface area contributed by atoms with Crippen LogP contribution in [-0.2, 0) is 38.6 Å². The maximum Gasteiger partial charge on any atom is 0.242 e. The minimum absolute atomic E-state index is 0.0597. The van der Waals surface area contributed by atoms with Gasteiger partial charge in [-0.15, -0.1) is 0 Å². The number of carbonyl (C=O) groups is 1. The van der Waals surface area contributed by atoms with Crippen LogP contribution in [0.15, 0.2) is 65.7 Å². The Kier molecular flexibility index (Phi) is 11.6. The van der Waals surface area contributed by atoms with Crippen LogP contribution < -0.4 is 9.64 Å². The zero-order valence-electron chi connectivity index (χ0n) is 28.1. The van der Waals surface area contributed by atoms with E-state index in [1.165, 1.54) is 0 Å². The molecule has 6 rings (SSSR count). The molecule has 258 valence electrons. The Morgan fingerprint density at radius 1 is 0.688 bits per heavy atom. The van der Waals surface area contributed by atoms with Gasteiger partial charge in [-0.2, -0.15) is 0 Å². The maximum atomic E-state index is 14.2. The van der Waals surface area contributed by atoms with Crippen molar-refractivity contribution in [2.45, 2.75) is 25.0 Å². The second-order valence-corrected chi connectivity index (χ2v) is 12.5. The van der Waals surface area contributed by atoms with E-state index in [-0.39, 0.29) is 12.5 Å². The van der Waals surface area contributed by atoms with Crippen molar-refractivity contribution < 1.29 is 38.0 Å². The van der Waals surface area contributed by atoms with Crippen LogP contribution in [0.5, 0.6) is 5.75 Å². The van der Waals surface area contributed by atoms with Crippen LogP contribution in [0.4, 0.5) is 11.4 Å². The van der Waals surface area contributed by atoms with Gasteiger partial charge in [0.25, 0.3) is 0 Å². The lowest BCUT2D eigenvalue weighted by molar-refractivity contribution is -0.132. The van der Waals surface area contributed by atoms with Crippen LogP contribution in [0.1, 0.15) is 19.4 Å². The Hall–Kier alpha value is -3.58. The van der Waals surface area contributed by atoms with E-state index in [4.69, 9.17) is 38.2 Å². The van der Waals surface area contributed by atoms with Gasteiger partial charge in [0, 0.05) is 24.2 Å². The molecule has 0 bridgehead atoms. The molecular weight excluding hydrogens is 614 g/mol. The SMILES string of the molecule is CC1(C)c2ccccc2N(CC(=O)N2CCOCCOCCOCCOCCOCCOCC2)C12C=Nc1c(ccc3ccccc13)O2. The average molecular weight is 662 g/mol. The predicted molar refractivity (Wildman–Crippen MR) is 184 cm³/mol. The fourth-order valence-corrected chi connectivity index (χ4v) is 6.51. The first-order chi connectivity index (χ1) is 23.5. The number of hydrogen-bond donors (Lipinski definition) is 0. The average Bonchev–Trinajstić information content (AvgIpc) is 3.27. The summed E-state index contributed by atoms with van der Waals surface area (Å²) < 4.78 is 41.0. The molecule has 1 spiro atoms. The number of aliphatic imine (C=N–C) groups is 1. The molecule has 0 N–H and O–H groups in total. The van der Waals surface area contributed by atoms with Gasteiger partial charge in [0.1, 0.15) is 18.0 Å². The van der Waals surface area contributed by atoms with E-state index >= 15 is 0 Å². The zero-order valence-corrected chi connectivity index (χ0v) is 28.1. The number of nitrogens with zero attached hydrogens (tertiary/aromatic N) is 3. The van der Waals surface area contributed by atoms with Crippen LogP contribution in [0, 0.1) is 0 Å². The summed E-state index contributed by atoms with van der Waals surface area (Å²) >= 11 is 0. The molecule has 0 aromatic heterocycles. The number of amides is 1. The van der Waals surface area contributed by atoms with Gasteiger partial charge in [-0.3, -0.25) is 9.79 Å². The molecule has 11 nitrogen and oxygen atoms in total. The second kappa shape index (κ2) is 16.2. The molecular formula is C37H47N3O8. The van der Waals surface area contributed by atoms with Crippen molar-refractivity contribution in [3.63, 3.8) is 0 Å². The molecule has 1 unspecified atom stereocenters. The number of carbonyl (C=O) groups excluding carboxylic acids is 1. The molecule has 0 saturated carbocycles. The fraction of sp³-hybridized carbons (Fsp3) is 0.514. The number of benzene rings is 3. The van der Waals surface area contributed by atoms with Gasteiger partial charge in [0.2, 0.25) is 11.6 Å². The topological polar surface area (TPSA) is 101 Å². The van der Waals surface area contributed by atoms with E-state index in [2.05, 4.69) is 49.1 Å². The third-order valence-corrected chi connectivity index (χ3v) is 9.18. The van der Waals surface area contributed by atoms with E-state index in [1.54, 1.807) is 4.90 Å².